The van der Waals surface area contributed by atoms with Crippen LogP contribution in [0.3, 0.4) is 0 Å². The standard InChI is InChI=1S/C18H24O6S2/c1-17(2,3)23-25(19,20)15-12-11-13-9-7-8-10-14(13)16(15)26(21,22)24-18(4,5)6/h7-12H,1-6H3. The Morgan fingerprint density at radius 1 is 0.692 bits per heavy atom. The van der Waals surface area contributed by atoms with Crippen LogP contribution in [0.2, 0.25) is 0 Å². The Balaban J connectivity index is 2.85. The third kappa shape index (κ3) is 4.82. The van der Waals surface area contributed by atoms with Crippen LogP contribution in [-0.2, 0) is 28.6 Å². The lowest BCUT2D eigenvalue weighted by atomic mass is 10.1. The smallest absolute Gasteiger partial charge is 0.261 e. The molecule has 0 atom stereocenters. The summed E-state index contributed by atoms with van der Waals surface area (Å²) >= 11 is 0. The van der Waals surface area contributed by atoms with E-state index >= 15 is 0 Å². The van der Waals surface area contributed by atoms with Gasteiger partial charge in [-0.25, -0.2) is 0 Å². The van der Waals surface area contributed by atoms with Crippen molar-refractivity contribution in [2.24, 2.45) is 0 Å². The van der Waals surface area contributed by atoms with Gasteiger partial charge in [-0.2, -0.15) is 16.8 Å². The van der Waals surface area contributed by atoms with Gasteiger partial charge >= 0.3 is 0 Å². The molecule has 2 aromatic rings. The first-order valence-electron chi connectivity index (χ1n) is 8.05. The van der Waals surface area contributed by atoms with Gasteiger partial charge in [0.2, 0.25) is 0 Å². The van der Waals surface area contributed by atoms with E-state index in [4.69, 9.17) is 8.37 Å². The first kappa shape index (κ1) is 20.8. The van der Waals surface area contributed by atoms with Crippen molar-refractivity contribution in [2.45, 2.75) is 62.5 Å². The minimum Gasteiger partial charge on any atom is -0.261 e. The molecule has 8 heteroatoms. The minimum absolute atomic E-state index is 0.260. The number of hydrogen-bond donors (Lipinski definition) is 0. The van der Waals surface area contributed by atoms with E-state index in [2.05, 4.69) is 0 Å². The van der Waals surface area contributed by atoms with Gasteiger partial charge in [-0.05, 0) is 53.0 Å². The van der Waals surface area contributed by atoms with Crippen LogP contribution in [0.5, 0.6) is 0 Å². The molecule has 0 saturated carbocycles. The Hall–Kier alpha value is -1.48. The fraction of sp³-hybridized carbons (Fsp3) is 0.444. The number of benzene rings is 2. The Kier molecular flexibility index (Phi) is 5.29. The third-order valence-corrected chi connectivity index (χ3v) is 6.47. The third-order valence-electron chi connectivity index (χ3n) is 3.08. The van der Waals surface area contributed by atoms with Gasteiger partial charge in [-0.3, -0.25) is 8.37 Å². The van der Waals surface area contributed by atoms with Crippen molar-refractivity contribution in [3.63, 3.8) is 0 Å². The van der Waals surface area contributed by atoms with Crippen LogP contribution in [0.15, 0.2) is 46.2 Å². The summed E-state index contributed by atoms with van der Waals surface area (Å²) in [5.74, 6) is 0. The zero-order valence-electron chi connectivity index (χ0n) is 15.7. The molecule has 0 aliphatic rings. The van der Waals surface area contributed by atoms with Crippen molar-refractivity contribution in [1.29, 1.82) is 0 Å². The molecule has 0 aromatic heterocycles. The first-order chi connectivity index (χ1) is 11.6. The average molecular weight is 401 g/mol. The molecule has 144 valence electrons. The van der Waals surface area contributed by atoms with E-state index in [1.807, 2.05) is 0 Å². The van der Waals surface area contributed by atoms with E-state index in [0.717, 1.165) is 0 Å². The number of fused-ring (bicyclic) bond motifs is 1. The van der Waals surface area contributed by atoms with E-state index in [1.165, 1.54) is 6.07 Å². The van der Waals surface area contributed by atoms with Crippen molar-refractivity contribution in [3.05, 3.63) is 36.4 Å². The summed E-state index contributed by atoms with van der Waals surface area (Å²) in [5, 5.41) is 0.841. The quantitative estimate of drug-likeness (QED) is 0.725. The second-order valence-corrected chi connectivity index (χ2v) is 10.9. The molecule has 0 amide bonds. The molecule has 0 N–H and O–H groups in total. The van der Waals surface area contributed by atoms with Crippen LogP contribution in [0, 0.1) is 0 Å². The molecule has 0 fully saturated rings. The molecule has 6 nitrogen and oxygen atoms in total. The molecule has 0 spiro atoms. The van der Waals surface area contributed by atoms with Gasteiger partial charge in [0.05, 0.1) is 11.2 Å². The van der Waals surface area contributed by atoms with Crippen molar-refractivity contribution in [1.82, 2.24) is 0 Å². The van der Waals surface area contributed by atoms with Gasteiger partial charge in [0.15, 0.2) is 0 Å². The maximum atomic E-state index is 13.0. The fourth-order valence-corrected chi connectivity index (χ4v) is 5.87. The minimum atomic E-state index is -4.37. The molecular weight excluding hydrogens is 376 g/mol. The lowest BCUT2D eigenvalue weighted by molar-refractivity contribution is 0.135. The molecule has 0 aliphatic heterocycles. The maximum absolute atomic E-state index is 13.0. The van der Waals surface area contributed by atoms with Gasteiger partial charge in [-0.15, -0.1) is 0 Å². The second-order valence-electron chi connectivity index (χ2n) is 7.91. The lowest BCUT2D eigenvalue weighted by Gasteiger charge is -2.23. The molecule has 26 heavy (non-hydrogen) atoms. The summed E-state index contributed by atoms with van der Waals surface area (Å²) in [6.45, 7) is 9.46. The highest BCUT2D eigenvalue weighted by atomic mass is 32.2. The normalized spacial score (nSPS) is 13.9. The first-order valence-corrected chi connectivity index (χ1v) is 10.9. The SMILES string of the molecule is CC(C)(C)OS(=O)(=O)c1ccc2ccccc2c1S(=O)(=O)OC(C)(C)C. The van der Waals surface area contributed by atoms with Gasteiger partial charge in [-0.1, -0.05) is 30.3 Å². The summed E-state index contributed by atoms with van der Waals surface area (Å²) < 4.78 is 61.9. The van der Waals surface area contributed by atoms with Crippen LogP contribution in [-0.4, -0.2) is 28.0 Å². The molecular formula is C18H24O6S2. The summed E-state index contributed by atoms with van der Waals surface area (Å²) in [6.07, 6.45) is 0. The van der Waals surface area contributed by atoms with Crippen molar-refractivity contribution in [2.75, 3.05) is 0 Å². The van der Waals surface area contributed by atoms with E-state index in [0.29, 0.717) is 5.39 Å². The molecule has 0 aliphatic carbocycles. The highest BCUT2D eigenvalue weighted by Crippen LogP contribution is 2.34. The Morgan fingerprint density at radius 2 is 1.19 bits per heavy atom. The molecule has 0 heterocycles. The van der Waals surface area contributed by atoms with E-state index in [-0.39, 0.29) is 5.39 Å². The van der Waals surface area contributed by atoms with Crippen LogP contribution in [0.25, 0.3) is 10.8 Å². The Morgan fingerprint density at radius 3 is 1.73 bits per heavy atom. The zero-order chi connectivity index (χ0) is 20.0. The Bertz CT molecular complexity index is 1020. The number of hydrogen-bond acceptors (Lipinski definition) is 6. The highest BCUT2D eigenvalue weighted by molar-refractivity contribution is 7.90. The van der Waals surface area contributed by atoms with Crippen molar-refractivity contribution < 1.29 is 25.2 Å². The fourth-order valence-electron chi connectivity index (χ4n) is 2.42. The monoisotopic (exact) mass is 400 g/mol. The summed E-state index contributed by atoms with van der Waals surface area (Å²) in [6, 6.07) is 9.41. The predicted octanol–water partition coefficient (Wildman–Crippen LogP) is 3.85. The van der Waals surface area contributed by atoms with Crippen LogP contribution >= 0.6 is 0 Å². The predicted molar refractivity (Wildman–Crippen MR) is 100.0 cm³/mol. The highest BCUT2D eigenvalue weighted by Gasteiger charge is 2.35. The average Bonchev–Trinajstić information content (AvgIpc) is 2.40. The van der Waals surface area contributed by atoms with Gasteiger partial charge < -0.3 is 0 Å². The van der Waals surface area contributed by atoms with E-state index in [9.17, 15) is 16.8 Å². The van der Waals surface area contributed by atoms with Gasteiger partial charge in [0.25, 0.3) is 20.2 Å². The summed E-state index contributed by atoms with van der Waals surface area (Å²) in [7, 11) is -8.71. The molecule has 0 bridgehead atoms. The second kappa shape index (κ2) is 6.60. The molecule has 2 rings (SSSR count). The maximum Gasteiger partial charge on any atom is 0.299 e. The summed E-state index contributed by atoms with van der Waals surface area (Å²) in [5.41, 5.74) is -2.04. The van der Waals surface area contributed by atoms with Crippen LogP contribution in [0.1, 0.15) is 41.5 Å². The Labute approximate surface area is 155 Å². The van der Waals surface area contributed by atoms with Gasteiger partial charge in [0, 0.05) is 5.39 Å². The number of rotatable bonds is 4. The van der Waals surface area contributed by atoms with Crippen LogP contribution < -0.4 is 0 Å². The van der Waals surface area contributed by atoms with E-state index in [1.54, 1.807) is 71.9 Å². The summed E-state index contributed by atoms with van der Waals surface area (Å²) in [4.78, 5) is -0.842. The lowest BCUT2D eigenvalue weighted by Crippen LogP contribution is -2.28. The molecule has 0 saturated heterocycles. The van der Waals surface area contributed by atoms with Crippen molar-refractivity contribution >= 4 is 31.0 Å². The zero-order valence-corrected chi connectivity index (χ0v) is 17.4. The molecule has 0 unspecified atom stereocenters. The van der Waals surface area contributed by atoms with E-state index < -0.39 is 41.2 Å². The van der Waals surface area contributed by atoms with Crippen molar-refractivity contribution in [3.8, 4) is 0 Å². The topological polar surface area (TPSA) is 86.7 Å². The van der Waals surface area contributed by atoms with Crippen LogP contribution in [0.4, 0.5) is 0 Å². The molecule has 0 radical (unpaired) electrons. The van der Waals surface area contributed by atoms with Gasteiger partial charge in [0.1, 0.15) is 9.79 Å². The largest absolute Gasteiger partial charge is 0.299 e. The molecule has 2 aromatic carbocycles.